The largest absolute Gasteiger partial charge is 0.493 e. The summed E-state index contributed by atoms with van der Waals surface area (Å²) < 4.78 is 31.3. The lowest BCUT2D eigenvalue weighted by Crippen LogP contribution is -2.46. The van der Waals surface area contributed by atoms with Gasteiger partial charge in [-0.1, -0.05) is 25.1 Å². The number of aryl methyl sites for hydroxylation is 1. The molecule has 1 N–H and O–H groups in total. The van der Waals surface area contributed by atoms with Crippen LogP contribution in [-0.4, -0.2) is 50.6 Å². The first-order valence-corrected chi connectivity index (χ1v) is 11.5. The van der Waals surface area contributed by atoms with Crippen molar-refractivity contribution in [1.29, 1.82) is 0 Å². The number of amides is 1. The van der Waals surface area contributed by atoms with Gasteiger partial charge in [-0.15, -0.1) is 0 Å². The van der Waals surface area contributed by atoms with Gasteiger partial charge in [0, 0.05) is 19.6 Å². The molecule has 1 saturated heterocycles. The van der Waals surface area contributed by atoms with Crippen LogP contribution in [0.25, 0.3) is 0 Å². The fourth-order valence-corrected chi connectivity index (χ4v) is 4.47. The van der Waals surface area contributed by atoms with Crippen molar-refractivity contribution in [3.05, 3.63) is 29.8 Å². The molecular weight excluding hydrogens is 364 g/mol. The summed E-state index contributed by atoms with van der Waals surface area (Å²) in [6.45, 7) is 5.83. The van der Waals surface area contributed by atoms with Crippen molar-refractivity contribution in [2.75, 3.05) is 32.0 Å². The fraction of sp³-hybridized carbons (Fsp3) is 0.650. The highest BCUT2D eigenvalue weighted by Crippen LogP contribution is 2.21. The van der Waals surface area contributed by atoms with E-state index in [1.807, 2.05) is 18.2 Å². The molecule has 1 atom stereocenters. The first kappa shape index (κ1) is 21.7. The molecule has 0 saturated carbocycles. The van der Waals surface area contributed by atoms with Crippen LogP contribution in [0.2, 0.25) is 0 Å². The van der Waals surface area contributed by atoms with Gasteiger partial charge in [0.1, 0.15) is 5.75 Å². The Labute approximate surface area is 163 Å². The van der Waals surface area contributed by atoms with Gasteiger partial charge < -0.3 is 10.1 Å². The van der Waals surface area contributed by atoms with Gasteiger partial charge in [-0.3, -0.25) is 4.79 Å². The molecule has 2 rings (SSSR count). The first-order valence-electron chi connectivity index (χ1n) is 9.94. The van der Waals surface area contributed by atoms with Crippen molar-refractivity contribution in [3.8, 4) is 5.75 Å². The fourth-order valence-electron chi connectivity index (χ4n) is 3.29. The van der Waals surface area contributed by atoms with Crippen LogP contribution in [0.15, 0.2) is 24.3 Å². The maximum atomic E-state index is 12.4. The molecule has 0 unspecified atom stereocenters. The molecule has 0 spiro atoms. The number of para-hydroxylation sites is 1. The summed E-state index contributed by atoms with van der Waals surface area (Å²) in [7, 11) is -3.22. The second-order valence-corrected chi connectivity index (χ2v) is 9.21. The minimum atomic E-state index is -3.22. The first-order chi connectivity index (χ1) is 13.0. The van der Waals surface area contributed by atoms with E-state index >= 15 is 0 Å². The van der Waals surface area contributed by atoms with E-state index in [-0.39, 0.29) is 17.6 Å². The number of benzene rings is 1. The van der Waals surface area contributed by atoms with Crippen LogP contribution in [0.3, 0.4) is 0 Å². The zero-order valence-electron chi connectivity index (χ0n) is 16.4. The van der Waals surface area contributed by atoms with Crippen LogP contribution in [-0.2, 0) is 21.2 Å². The standard InChI is InChI=1S/C20H32N2O4S/c1-3-15-26-19-12-6-5-9-17(19)10-7-13-21-20(23)18-11-8-14-22(16-18)27(24,25)4-2/h5-6,9,12,18H,3-4,7-8,10-11,13-16H2,1-2H3,(H,21,23)/t18-/m1/s1. The third-order valence-corrected chi connectivity index (χ3v) is 6.72. The quantitative estimate of drug-likeness (QED) is 0.617. The minimum absolute atomic E-state index is 0.0403. The molecule has 6 nitrogen and oxygen atoms in total. The second-order valence-electron chi connectivity index (χ2n) is 6.95. The Bertz CT molecular complexity index is 706. The summed E-state index contributed by atoms with van der Waals surface area (Å²) in [5.41, 5.74) is 1.15. The molecule has 152 valence electrons. The Morgan fingerprint density at radius 2 is 2.07 bits per heavy atom. The van der Waals surface area contributed by atoms with Gasteiger partial charge in [0.2, 0.25) is 15.9 Å². The van der Waals surface area contributed by atoms with Gasteiger partial charge in [-0.25, -0.2) is 12.7 Å². The normalized spacial score (nSPS) is 18.2. The Hall–Kier alpha value is -1.60. The third-order valence-electron chi connectivity index (χ3n) is 4.87. The average molecular weight is 397 g/mol. The lowest BCUT2D eigenvalue weighted by atomic mass is 9.99. The molecule has 1 fully saturated rings. The van der Waals surface area contributed by atoms with Crippen molar-refractivity contribution in [2.24, 2.45) is 5.92 Å². The van der Waals surface area contributed by atoms with Crippen LogP contribution < -0.4 is 10.1 Å². The molecule has 1 aliphatic rings. The molecule has 1 aromatic rings. The van der Waals surface area contributed by atoms with Crippen molar-refractivity contribution >= 4 is 15.9 Å². The number of sulfonamides is 1. The Kier molecular flexibility index (Phi) is 8.57. The average Bonchev–Trinajstić information content (AvgIpc) is 2.70. The molecule has 27 heavy (non-hydrogen) atoms. The van der Waals surface area contributed by atoms with Gasteiger partial charge in [0.15, 0.2) is 0 Å². The predicted molar refractivity (Wildman–Crippen MR) is 107 cm³/mol. The summed E-state index contributed by atoms with van der Waals surface area (Å²) in [5, 5.41) is 2.97. The lowest BCUT2D eigenvalue weighted by Gasteiger charge is -2.30. The van der Waals surface area contributed by atoms with Crippen molar-refractivity contribution < 1.29 is 17.9 Å². The summed E-state index contributed by atoms with van der Waals surface area (Å²) in [5.74, 6) is 0.709. The van der Waals surface area contributed by atoms with E-state index in [1.54, 1.807) is 6.92 Å². The molecule has 0 radical (unpaired) electrons. The SMILES string of the molecule is CCCOc1ccccc1CCCNC(=O)[C@@H]1CCCN(S(=O)(=O)CC)C1. The van der Waals surface area contributed by atoms with Crippen LogP contribution in [0.4, 0.5) is 0 Å². The number of carbonyl (C=O) groups is 1. The number of piperidine rings is 1. The molecule has 1 aromatic carbocycles. The minimum Gasteiger partial charge on any atom is -0.493 e. The summed E-state index contributed by atoms with van der Waals surface area (Å²) in [4.78, 5) is 12.4. The van der Waals surface area contributed by atoms with Gasteiger partial charge in [0.05, 0.1) is 18.3 Å². The third kappa shape index (κ3) is 6.50. The highest BCUT2D eigenvalue weighted by molar-refractivity contribution is 7.89. The number of hydrogen-bond acceptors (Lipinski definition) is 4. The molecule has 1 amide bonds. The number of nitrogens with zero attached hydrogens (tertiary/aromatic N) is 1. The maximum absolute atomic E-state index is 12.4. The summed E-state index contributed by atoms with van der Waals surface area (Å²) in [6, 6.07) is 8.00. The molecule has 1 aliphatic heterocycles. The van der Waals surface area contributed by atoms with Gasteiger partial charge in [-0.05, 0) is 50.7 Å². The van der Waals surface area contributed by atoms with Gasteiger partial charge in [0.25, 0.3) is 0 Å². The molecule has 0 bridgehead atoms. The number of carbonyl (C=O) groups excluding carboxylic acids is 1. The molecule has 7 heteroatoms. The molecule has 1 heterocycles. The zero-order chi connectivity index (χ0) is 19.7. The van der Waals surface area contributed by atoms with E-state index in [0.29, 0.717) is 26.2 Å². The van der Waals surface area contributed by atoms with Crippen molar-refractivity contribution in [2.45, 2.75) is 46.0 Å². The van der Waals surface area contributed by atoms with Crippen LogP contribution in [0, 0.1) is 5.92 Å². The van der Waals surface area contributed by atoms with E-state index in [1.165, 1.54) is 4.31 Å². The number of rotatable bonds is 10. The van der Waals surface area contributed by atoms with E-state index in [9.17, 15) is 13.2 Å². The van der Waals surface area contributed by atoms with E-state index in [4.69, 9.17) is 4.74 Å². The zero-order valence-corrected chi connectivity index (χ0v) is 17.3. The highest BCUT2D eigenvalue weighted by atomic mass is 32.2. The Morgan fingerprint density at radius 1 is 1.30 bits per heavy atom. The number of nitrogens with one attached hydrogen (secondary N) is 1. The number of hydrogen-bond donors (Lipinski definition) is 1. The van der Waals surface area contributed by atoms with E-state index in [2.05, 4.69) is 18.3 Å². The molecule has 0 aliphatic carbocycles. The van der Waals surface area contributed by atoms with Gasteiger partial charge >= 0.3 is 0 Å². The van der Waals surface area contributed by atoms with Crippen molar-refractivity contribution in [3.63, 3.8) is 0 Å². The van der Waals surface area contributed by atoms with E-state index in [0.717, 1.165) is 43.4 Å². The van der Waals surface area contributed by atoms with Crippen LogP contribution in [0.1, 0.15) is 45.1 Å². The summed E-state index contributed by atoms with van der Waals surface area (Å²) >= 11 is 0. The maximum Gasteiger partial charge on any atom is 0.224 e. The molecule has 0 aromatic heterocycles. The van der Waals surface area contributed by atoms with Crippen LogP contribution in [0.5, 0.6) is 5.75 Å². The van der Waals surface area contributed by atoms with Crippen molar-refractivity contribution in [1.82, 2.24) is 9.62 Å². The van der Waals surface area contributed by atoms with E-state index < -0.39 is 10.0 Å². The van der Waals surface area contributed by atoms with Crippen LogP contribution >= 0.6 is 0 Å². The second kappa shape index (κ2) is 10.7. The Balaban J connectivity index is 1.78. The monoisotopic (exact) mass is 396 g/mol. The topological polar surface area (TPSA) is 75.7 Å². The predicted octanol–water partition coefficient (Wildman–Crippen LogP) is 2.59. The highest BCUT2D eigenvalue weighted by Gasteiger charge is 2.31. The lowest BCUT2D eigenvalue weighted by molar-refractivity contribution is -0.126. The number of ether oxygens (including phenoxy) is 1. The summed E-state index contributed by atoms with van der Waals surface area (Å²) in [6.07, 6.45) is 4.11. The molecular formula is C20H32N2O4S. The smallest absolute Gasteiger partial charge is 0.224 e. The Morgan fingerprint density at radius 3 is 2.81 bits per heavy atom. The van der Waals surface area contributed by atoms with Gasteiger partial charge in [-0.2, -0.15) is 0 Å².